The molecule has 5 rings (SSSR count). The van der Waals surface area contributed by atoms with Gasteiger partial charge in [-0.3, -0.25) is 4.79 Å². The SMILES string of the molecule is C=CC(=O)N1CCN(c2ncnc3c(Oc4cc(O)cc5ccccc45)nc(C(F)(F)F)cc23)CC1. The number of fused-ring (bicyclic) bond motifs is 2. The zero-order valence-corrected chi connectivity index (χ0v) is 18.9. The fourth-order valence-electron chi connectivity index (χ4n) is 4.21. The summed E-state index contributed by atoms with van der Waals surface area (Å²) in [5.41, 5.74) is -1.07. The first-order chi connectivity index (χ1) is 17.2. The Bertz CT molecular complexity index is 1480. The van der Waals surface area contributed by atoms with Gasteiger partial charge in [0.15, 0.2) is 0 Å². The van der Waals surface area contributed by atoms with E-state index in [9.17, 15) is 23.1 Å². The number of phenolic OH excluding ortho intramolecular Hbond substituents is 1. The van der Waals surface area contributed by atoms with Crippen LogP contribution in [-0.4, -0.2) is 57.0 Å². The van der Waals surface area contributed by atoms with Crippen LogP contribution >= 0.6 is 0 Å². The first kappa shape index (κ1) is 23.3. The lowest BCUT2D eigenvalue weighted by molar-refractivity contribution is -0.141. The smallest absolute Gasteiger partial charge is 0.433 e. The Morgan fingerprint density at radius 2 is 1.81 bits per heavy atom. The van der Waals surface area contributed by atoms with Crippen LogP contribution in [0.5, 0.6) is 17.4 Å². The summed E-state index contributed by atoms with van der Waals surface area (Å²) in [6.45, 7) is 4.95. The van der Waals surface area contributed by atoms with Crippen molar-refractivity contribution in [1.29, 1.82) is 0 Å². The minimum Gasteiger partial charge on any atom is -0.508 e. The Balaban J connectivity index is 1.61. The Labute approximate surface area is 203 Å². The molecule has 0 spiro atoms. The summed E-state index contributed by atoms with van der Waals surface area (Å²) in [5.74, 6) is -0.263. The van der Waals surface area contributed by atoms with Crippen LogP contribution in [0.25, 0.3) is 21.7 Å². The number of carbonyl (C=O) groups is 1. The van der Waals surface area contributed by atoms with Gasteiger partial charge in [0, 0.05) is 37.6 Å². The Morgan fingerprint density at radius 1 is 1.06 bits per heavy atom. The number of halogens is 3. The average molecular weight is 495 g/mol. The second-order valence-corrected chi connectivity index (χ2v) is 8.19. The molecule has 4 aromatic rings. The van der Waals surface area contributed by atoms with Crippen molar-refractivity contribution in [3.05, 3.63) is 67.1 Å². The molecule has 1 aliphatic heterocycles. The van der Waals surface area contributed by atoms with E-state index in [1.54, 1.807) is 34.1 Å². The third-order valence-electron chi connectivity index (χ3n) is 5.94. The average Bonchev–Trinajstić information content (AvgIpc) is 2.87. The predicted molar refractivity (Wildman–Crippen MR) is 127 cm³/mol. The fraction of sp³-hybridized carbons (Fsp3) is 0.200. The zero-order chi connectivity index (χ0) is 25.4. The van der Waals surface area contributed by atoms with Crippen molar-refractivity contribution >= 4 is 33.4 Å². The summed E-state index contributed by atoms with van der Waals surface area (Å²) in [6.07, 6.45) is -2.29. The van der Waals surface area contributed by atoms with Crippen molar-refractivity contribution in [2.24, 2.45) is 0 Å². The molecule has 1 amide bonds. The van der Waals surface area contributed by atoms with Crippen molar-refractivity contribution < 1.29 is 27.8 Å². The number of benzene rings is 2. The molecule has 0 unspecified atom stereocenters. The van der Waals surface area contributed by atoms with E-state index in [-0.39, 0.29) is 40.0 Å². The van der Waals surface area contributed by atoms with E-state index in [1.807, 2.05) is 0 Å². The van der Waals surface area contributed by atoms with E-state index in [0.29, 0.717) is 37.0 Å². The number of pyridine rings is 1. The molecule has 8 nitrogen and oxygen atoms in total. The molecule has 1 aliphatic rings. The second-order valence-electron chi connectivity index (χ2n) is 8.19. The number of anilines is 1. The third kappa shape index (κ3) is 4.35. The van der Waals surface area contributed by atoms with Crippen molar-refractivity contribution in [3.63, 3.8) is 0 Å². The topological polar surface area (TPSA) is 91.7 Å². The second kappa shape index (κ2) is 8.99. The van der Waals surface area contributed by atoms with Crippen LogP contribution in [-0.2, 0) is 11.0 Å². The van der Waals surface area contributed by atoms with Gasteiger partial charge in [0.1, 0.15) is 34.9 Å². The summed E-state index contributed by atoms with van der Waals surface area (Å²) in [6, 6.07) is 10.7. The standard InChI is InChI=1S/C25H20F3N5O3/c1-2-21(35)32-7-9-33(10-8-32)23-18-13-20(25(26,27)28)31-24(22(18)29-14-30-23)36-19-12-16(34)11-15-5-3-4-6-17(15)19/h2-6,11-14,34H,1,7-10H2. The minimum absolute atomic E-state index is 0.0880. The molecule has 1 fully saturated rings. The molecule has 0 saturated carbocycles. The maximum Gasteiger partial charge on any atom is 0.433 e. The number of phenols is 1. The predicted octanol–water partition coefficient (Wildman–Crippen LogP) is 4.53. The summed E-state index contributed by atoms with van der Waals surface area (Å²) >= 11 is 0. The maximum absolute atomic E-state index is 13.8. The first-order valence-corrected chi connectivity index (χ1v) is 11.0. The number of amides is 1. The first-order valence-electron chi connectivity index (χ1n) is 11.0. The minimum atomic E-state index is -4.75. The van der Waals surface area contributed by atoms with Gasteiger partial charge in [-0.1, -0.05) is 30.8 Å². The molecule has 2 aromatic carbocycles. The van der Waals surface area contributed by atoms with Gasteiger partial charge in [-0.25, -0.2) is 15.0 Å². The molecule has 0 bridgehead atoms. The molecule has 11 heteroatoms. The van der Waals surface area contributed by atoms with Gasteiger partial charge in [-0.2, -0.15) is 13.2 Å². The van der Waals surface area contributed by atoms with E-state index in [2.05, 4.69) is 21.5 Å². The number of hydrogen-bond acceptors (Lipinski definition) is 7. The van der Waals surface area contributed by atoms with Crippen molar-refractivity contribution in [3.8, 4) is 17.4 Å². The molecule has 36 heavy (non-hydrogen) atoms. The molecule has 3 heterocycles. The highest BCUT2D eigenvalue weighted by molar-refractivity contribution is 5.94. The number of ether oxygens (including phenoxy) is 1. The van der Waals surface area contributed by atoms with Crippen molar-refractivity contribution in [2.45, 2.75) is 6.18 Å². The number of piperazine rings is 1. The summed E-state index contributed by atoms with van der Waals surface area (Å²) in [7, 11) is 0. The maximum atomic E-state index is 13.8. The molecule has 0 atom stereocenters. The van der Waals surface area contributed by atoms with Crippen LogP contribution in [0, 0.1) is 0 Å². The van der Waals surface area contributed by atoms with Crippen molar-refractivity contribution in [2.75, 3.05) is 31.1 Å². The van der Waals surface area contributed by atoms with Crippen molar-refractivity contribution in [1.82, 2.24) is 19.9 Å². The van der Waals surface area contributed by atoms with Crippen LogP contribution in [0.3, 0.4) is 0 Å². The third-order valence-corrected chi connectivity index (χ3v) is 5.94. The van der Waals surface area contributed by atoms with Gasteiger partial charge in [0.2, 0.25) is 11.8 Å². The number of carbonyl (C=O) groups excluding carboxylic acids is 1. The van der Waals surface area contributed by atoms with Gasteiger partial charge in [-0.15, -0.1) is 0 Å². The number of hydrogen-bond donors (Lipinski definition) is 1. The molecular weight excluding hydrogens is 475 g/mol. The molecule has 0 radical (unpaired) electrons. The Morgan fingerprint density at radius 3 is 2.53 bits per heavy atom. The quantitative estimate of drug-likeness (QED) is 0.416. The lowest BCUT2D eigenvalue weighted by Crippen LogP contribution is -2.48. The fourth-order valence-corrected chi connectivity index (χ4v) is 4.21. The van der Waals surface area contributed by atoms with E-state index >= 15 is 0 Å². The number of alkyl halides is 3. The highest BCUT2D eigenvalue weighted by Crippen LogP contribution is 2.39. The molecule has 1 saturated heterocycles. The van der Waals surface area contributed by atoms with Crippen LogP contribution in [0.15, 0.2) is 61.4 Å². The van der Waals surface area contributed by atoms with Gasteiger partial charge < -0.3 is 19.6 Å². The molecule has 1 N–H and O–H groups in total. The highest BCUT2D eigenvalue weighted by Gasteiger charge is 2.35. The van der Waals surface area contributed by atoms with Gasteiger partial charge >= 0.3 is 6.18 Å². The molecule has 2 aromatic heterocycles. The Kier molecular flexibility index (Phi) is 5.83. The Hall–Kier alpha value is -4.41. The van der Waals surface area contributed by atoms with Gasteiger partial charge in [0.25, 0.3) is 0 Å². The zero-order valence-electron chi connectivity index (χ0n) is 18.9. The number of rotatable bonds is 4. The van der Waals surface area contributed by atoms with Gasteiger partial charge in [0.05, 0.1) is 5.39 Å². The largest absolute Gasteiger partial charge is 0.508 e. The van der Waals surface area contributed by atoms with Crippen LogP contribution in [0.1, 0.15) is 5.69 Å². The normalized spacial score (nSPS) is 14.3. The molecule has 184 valence electrons. The number of aromatic hydroxyl groups is 1. The van der Waals surface area contributed by atoms with Crippen LogP contribution in [0.4, 0.5) is 19.0 Å². The summed E-state index contributed by atoms with van der Waals surface area (Å²) < 4.78 is 47.4. The van der Waals surface area contributed by atoms with Crippen LogP contribution < -0.4 is 9.64 Å². The lowest BCUT2D eigenvalue weighted by atomic mass is 10.1. The number of nitrogens with zero attached hydrogens (tertiary/aromatic N) is 5. The van der Waals surface area contributed by atoms with E-state index in [0.717, 1.165) is 6.07 Å². The lowest BCUT2D eigenvalue weighted by Gasteiger charge is -2.35. The van der Waals surface area contributed by atoms with E-state index in [1.165, 1.54) is 24.5 Å². The highest BCUT2D eigenvalue weighted by atomic mass is 19.4. The van der Waals surface area contributed by atoms with Gasteiger partial charge in [-0.05, 0) is 23.6 Å². The van der Waals surface area contributed by atoms with Crippen LogP contribution in [0.2, 0.25) is 0 Å². The number of aromatic nitrogens is 3. The molecular formula is C25H20F3N5O3. The summed E-state index contributed by atoms with van der Waals surface area (Å²) in [4.78, 5) is 27.5. The van der Waals surface area contributed by atoms with E-state index in [4.69, 9.17) is 4.74 Å². The summed E-state index contributed by atoms with van der Waals surface area (Å²) in [5, 5.41) is 11.5. The van der Waals surface area contributed by atoms with E-state index < -0.39 is 11.9 Å². The molecule has 0 aliphatic carbocycles. The monoisotopic (exact) mass is 495 g/mol.